The van der Waals surface area contributed by atoms with Crippen LogP contribution in [0.2, 0.25) is 0 Å². The lowest BCUT2D eigenvalue weighted by Crippen LogP contribution is -2.31. The highest BCUT2D eigenvalue weighted by Gasteiger charge is 2.30. The predicted molar refractivity (Wildman–Crippen MR) is 103 cm³/mol. The largest absolute Gasteiger partial charge is 0.408 e. The van der Waals surface area contributed by atoms with Crippen molar-refractivity contribution >= 4 is 9.84 Å². The molecule has 0 saturated heterocycles. The molecule has 1 aromatic heterocycles. The lowest BCUT2D eigenvalue weighted by molar-refractivity contribution is -0.143. The van der Waals surface area contributed by atoms with Crippen LogP contribution in [-0.2, 0) is 16.4 Å². The van der Waals surface area contributed by atoms with E-state index in [0.29, 0.717) is 26.9 Å². The summed E-state index contributed by atoms with van der Waals surface area (Å²) in [6.45, 7) is 0.248. The molecule has 9 heteroatoms. The Morgan fingerprint density at radius 2 is 1.62 bits per heavy atom. The molecule has 0 bridgehead atoms. The third-order valence-corrected chi connectivity index (χ3v) is 5.51. The molecule has 2 aromatic carbocycles. The molecule has 0 radical (unpaired) electrons. The molecular weight excluding hydrogens is 405 g/mol. The summed E-state index contributed by atoms with van der Waals surface area (Å²) in [5, 5.41) is 3.69. The number of benzene rings is 2. The summed E-state index contributed by atoms with van der Waals surface area (Å²) in [5.41, 5.74) is 1.19. The Kier molecular flexibility index (Phi) is 5.36. The molecule has 0 amide bonds. The number of rotatable bonds is 4. The van der Waals surface area contributed by atoms with Crippen LogP contribution in [0.5, 0.6) is 0 Å². The summed E-state index contributed by atoms with van der Waals surface area (Å²) in [6.07, 6.45) is -2.33. The van der Waals surface area contributed by atoms with E-state index in [4.69, 9.17) is 0 Å². The zero-order chi connectivity index (χ0) is 21.4. The summed E-state index contributed by atoms with van der Waals surface area (Å²) in [5.74, 6) is 0. The second-order valence-corrected chi connectivity index (χ2v) is 8.64. The van der Waals surface area contributed by atoms with Gasteiger partial charge in [-0.2, -0.15) is 18.3 Å². The van der Waals surface area contributed by atoms with Crippen molar-refractivity contribution < 1.29 is 21.6 Å². The Morgan fingerprint density at radius 3 is 2.17 bits per heavy atom. The topological polar surface area (TPSA) is 69.0 Å². The van der Waals surface area contributed by atoms with Gasteiger partial charge < -0.3 is 0 Å². The van der Waals surface area contributed by atoms with Crippen molar-refractivity contribution in [1.29, 1.82) is 0 Å². The smallest absolute Gasteiger partial charge is 0.267 e. The van der Waals surface area contributed by atoms with Crippen molar-refractivity contribution in [3.8, 4) is 22.3 Å². The summed E-state index contributed by atoms with van der Waals surface area (Å²) >= 11 is 0. The normalized spacial score (nSPS) is 12.2. The number of hydrogen-bond acceptors (Lipinski definition) is 4. The Labute approximate surface area is 165 Å². The van der Waals surface area contributed by atoms with Gasteiger partial charge in [0.1, 0.15) is 6.54 Å². The second kappa shape index (κ2) is 7.47. The molecule has 0 saturated carbocycles. The maximum atomic E-state index is 12.9. The average Bonchev–Trinajstić information content (AvgIpc) is 2.62. The fraction of sp³-hybridized carbons (Fsp3) is 0.200. The zero-order valence-corrected chi connectivity index (χ0v) is 16.4. The minimum Gasteiger partial charge on any atom is -0.267 e. The molecule has 0 fully saturated rings. The molecule has 0 aliphatic carbocycles. The first-order chi connectivity index (χ1) is 13.5. The number of aromatic nitrogens is 2. The van der Waals surface area contributed by atoms with E-state index in [2.05, 4.69) is 5.10 Å². The summed E-state index contributed by atoms with van der Waals surface area (Å²) in [7, 11) is -3.41. The molecule has 152 valence electrons. The van der Waals surface area contributed by atoms with Gasteiger partial charge in [-0.15, -0.1) is 0 Å². The fourth-order valence-electron chi connectivity index (χ4n) is 2.99. The monoisotopic (exact) mass is 422 g/mol. The van der Waals surface area contributed by atoms with Crippen molar-refractivity contribution in [3.05, 3.63) is 70.6 Å². The van der Waals surface area contributed by atoms with Crippen LogP contribution in [0.3, 0.4) is 0 Å². The Bertz CT molecular complexity index is 1210. The molecule has 29 heavy (non-hydrogen) atoms. The molecule has 0 N–H and O–H groups in total. The summed E-state index contributed by atoms with van der Waals surface area (Å²) in [6, 6.07) is 12.6. The first-order valence-electron chi connectivity index (χ1n) is 8.51. The van der Waals surface area contributed by atoms with Gasteiger partial charge >= 0.3 is 6.18 Å². The van der Waals surface area contributed by atoms with E-state index >= 15 is 0 Å². The van der Waals surface area contributed by atoms with Crippen LogP contribution < -0.4 is 5.56 Å². The van der Waals surface area contributed by atoms with E-state index in [1.165, 1.54) is 30.5 Å². The van der Waals surface area contributed by atoms with Crippen LogP contribution in [-0.4, -0.2) is 30.6 Å². The van der Waals surface area contributed by atoms with E-state index in [0.717, 1.165) is 6.26 Å². The minimum atomic E-state index is -4.60. The molecule has 0 aliphatic rings. The van der Waals surface area contributed by atoms with Crippen LogP contribution >= 0.6 is 0 Å². The first kappa shape index (κ1) is 20.8. The second-order valence-electron chi connectivity index (χ2n) is 6.62. The van der Waals surface area contributed by atoms with Crippen LogP contribution in [0.15, 0.2) is 64.4 Å². The lowest BCUT2D eigenvalue weighted by Gasteiger charge is -2.15. The van der Waals surface area contributed by atoms with Gasteiger partial charge in [0.25, 0.3) is 5.56 Å². The van der Waals surface area contributed by atoms with Crippen molar-refractivity contribution in [3.63, 3.8) is 0 Å². The highest BCUT2D eigenvalue weighted by molar-refractivity contribution is 7.90. The van der Waals surface area contributed by atoms with Gasteiger partial charge in [-0.05, 0) is 35.7 Å². The molecule has 3 aromatic rings. The molecule has 5 nitrogen and oxygen atoms in total. The Morgan fingerprint density at radius 1 is 1.00 bits per heavy atom. The third kappa shape index (κ3) is 4.56. The fourth-order valence-corrected chi connectivity index (χ4v) is 3.62. The van der Waals surface area contributed by atoms with Crippen molar-refractivity contribution in [2.75, 3.05) is 6.26 Å². The van der Waals surface area contributed by atoms with Crippen molar-refractivity contribution in [2.45, 2.75) is 24.5 Å². The molecular formula is C20H17F3N2O3S. The highest BCUT2D eigenvalue weighted by Crippen LogP contribution is 2.31. The maximum absolute atomic E-state index is 12.9. The quantitative estimate of drug-likeness (QED) is 0.641. The minimum absolute atomic E-state index is 0.0782. The van der Waals surface area contributed by atoms with Gasteiger partial charge in [-0.25, -0.2) is 13.1 Å². The average molecular weight is 422 g/mol. The number of nitrogens with zero attached hydrogens (tertiary/aromatic N) is 2. The molecule has 1 heterocycles. The SMILES string of the molecule is Cc1ccccc1-c1c(-c2ccc(S(C)(=O)=O)cc2)cnn(CC(F)(F)F)c1=O. The van der Waals surface area contributed by atoms with Crippen LogP contribution in [0.4, 0.5) is 13.2 Å². The molecule has 0 spiro atoms. The molecule has 0 unspecified atom stereocenters. The lowest BCUT2D eigenvalue weighted by atomic mass is 9.94. The maximum Gasteiger partial charge on any atom is 0.408 e. The van der Waals surface area contributed by atoms with E-state index < -0.39 is 28.1 Å². The Balaban J connectivity index is 2.26. The summed E-state index contributed by atoms with van der Waals surface area (Å²) in [4.78, 5) is 13.0. The molecule has 0 atom stereocenters. The van der Waals surface area contributed by atoms with Gasteiger partial charge in [0.15, 0.2) is 9.84 Å². The third-order valence-electron chi connectivity index (χ3n) is 4.38. The van der Waals surface area contributed by atoms with Crippen molar-refractivity contribution in [1.82, 2.24) is 9.78 Å². The van der Waals surface area contributed by atoms with Crippen LogP contribution in [0.25, 0.3) is 22.3 Å². The van der Waals surface area contributed by atoms with E-state index in [9.17, 15) is 26.4 Å². The summed E-state index contributed by atoms with van der Waals surface area (Å²) < 4.78 is 62.3. The highest BCUT2D eigenvalue weighted by atomic mass is 32.2. The Hall–Kier alpha value is -2.94. The van der Waals surface area contributed by atoms with E-state index in [-0.39, 0.29) is 10.5 Å². The van der Waals surface area contributed by atoms with Crippen LogP contribution in [0.1, 0.15) is 5.56 Å². The number of hydrogen-bond donors (Lipinski definition) is 0. The first-order valence-corrected chi connectivity index (χ1v) is 10.4. The predicted octanol–water partition coefficient (Wildman–Crippen LogP) is 3.85. The van der Waals surface area contributed by atoms with Gasteiger partial charge in [-0.1, -0.05) is 36.4 Å². The van der Waals surface area contributed by atoms with Crippen LogP contribution in [0, 0.1) is 6.92 Å². The number of sulfone groups is 1. The van der Waals surface area contributed by atoms with Gasteiger partial charge in [-0.3, -0.25) is 4.79 Å². The molecule has 3 rings (SSSR count). The molecule has 0 aliphatic heterocycles. The van der Waals surface area contributed by atoms with Crippen molar-refractivity contribution in [2.24, 2.45) is 0 Å². The van der Waals surface area contributed by atoms with Gasteiger partial charge in [0.2, 0.25) is 0 Å². The van der Waals surface area contributed by atoms with E-state index in [1.54, 1.807) is 31.2 Å². The van der Waals surface area contributed by atoms with Gasteiger partial charge in [0, 0.05) is 11.8 Å². The van der Waals surface area contributed by atoms with Gasteiger partial charge in [0.05, 0.1) is 16.7 Å². The number of halogens is 3. The zero-order valence-electron chi connectivity index (χ0n) is 15.6. The standard InChI is InChI=1S/C20H17F3N2O3S/c1-13-5-3-4-6-16(13)18-17(11-24-25(19(18)26)12-20(21,22)23)14-7-9-15(10-8-14)29(2,27)28/h3-11H,12H2,1-2H3. The number of alkyl halides is 3. The number of aryl methyl sites for hydroxylation is 1. The van der Waals surface area contributed by atoms with E-state index in [1.807, 2.05) is 0 Å².